The number of benzene rings is 2. The molecule has 0 unspecified atom stereocenters. The largest absolute Gasteiger partial charge is 0.452 e. The molecule has 0 saturated heterocycles. The molecule has 1 aromatic heterocycles. The molecule has 3 aromatic rings. The number of nitrogens with zero attached hydrogens (tertiary/aromatic N) is 3. The van der Waals surface area contributed by atoms with Crippen LogP contribution in [0, 0.1) is 6.92 Å². The first-order valence-electron chi connectivity index (χ1n) is 7.96. The number of ether oxygens (including phenoxy) is 1. The fourth-order valence-corrected chi connectivity index (χ4v) is 2.59. The Morgan fingerprint density at radius 3 is 2.56 bits per heavy atom. The van der Waals surface area contributed by atoms with Crippen molar-refractivity contribution in [2.75, 3.05) is 24.4 Å². The molecule has 128 valence electrons. The molecule has 25 heavy (non-hydrogen) atoms. The zero-order chi connectivity index (χ0) is 17.8. The van der Waals surface area contributed by atoms with Crippen molar-refractivity contribution in [1.29, 1.82) is 0 Å². The predicted octanol–water partition coefficient (Wildman–Crippen LogP) is 3.75. The number of aryl methyl sites for hydroxylation is 1. The fraction of sp³-hybridized carbons (Fsp3) is 0.211. The molecular weight excluding hydrogens is 316 g/mol. The highest BCUT2D eigenvalue weighted by molar-refractivity contribution is 5.89. The third-order valence-corrected chi connectivity index (χ3v) is 3.95. The predicted molar refractivity (Wildman–Crippen MR) is 98.9 cm³/mol. The minimum Gasteiger partial charge on any atom is -0.452 e. The molecule has 0 aliphatic carbocycles. The van der Waals surface area contributed by atoms with E-state index in [4.69, 9.17) is 4.74 Å². The first-order chi connectivity index (χ1) is 12.1. The number of nitrogens with one attached hydrogen (secondary N) is 1. The van der Waals surface area contributed by atoms with Crippen molar-refractivity contribution in [3.05, 3.63) is 59.9 Å². The summed E-state index contributed by atoms with van der Waals surface area (Å²) in [4.78, 5) is 21.9. The fourth-order valence-electron chi connectivity index (χ4n) is 2.59. The lowest BCUT2D eigenvalue weighted by atomic mass is 10.2. The lowest BCUT2D eigenvalue weighted by Crippen LogP contribution is -2.25. The van der Waals surface area contributed by atoms with Gasteiger partial charge >= 0.3 is 6.09 Å². The number of carbonyl (C=O) groups is 1. The average Bonchev–Trinajstić information content (AvgIpc) is 2.65. The zero-order valence-electron chi connectivity index (χ0n) is 14.5. The van der Waals surface area contributed by atoms with E-state index in [0.717, 1.165) is 33.8 Å². The quantitative estimate of drug-likeness (QED) is 0.786. The molecule has 6 nitrogen and oxygen atoms in total. The van der Waals surface area contributed by atoms with E-state index in [-0.39, 0.29) is 0 Å². The first kappa shape index (κ1) is 16.7. The van der Waals surface area contributed by atoms with Crippen LogP contribution in [0.2, 0.25) is 0 Å². The van der Waals surface area contributed by atoms with Gasteiger partial charge in [-0.1, -0.05) is 24.3 Å². The van der Waals surface area contributed by atoms with Crippen LogP contribution in [0.3, 0.4) is 0 Å². The Bertz CT molecular complexity index is 894. The van der Waals surface area contributed by atoms with Crippen molar-refractivity contribution in [2.45, 2.75) is 13.5 Å². The molecule has 3 rings (SSSR count). The highest BCUT2D eigenvalue weighted by Gasteiger charge is 2.10. The van der Waals surface area contributed by atoms with Crippen LogP contribution in [0.1, 0.15) is 11.4 Å². The Balaban J connectivity index is 1.75. The summed E-state index contributed by atoms with van der Waals surface area (Å²) in [7, 11) is 3.04. The number of fused-ring (bicyclic) bond motifs is 1. The van der Waals surface area contributed by atoms with Gasteiger partial charge in [-0.25, -0.2) is 14.8 Å². The minimum atomic E-state index is -0.395. The van der Waals surface area contributed by atoms with Gasteiger partial charge in [-0.15, -0.1) is 0 Å². The lowest BCUT2D eigenvalue weighted by Gasteiger charge is -2.16. The van der Waals surface area contributed by atoms with Gasteiger partial charge in [-0.2, -0.15) is 0 Å². The van der Waals surface area contributed by atoms with E-state index >= 15 is 0 Å². The molecule has 0 saturated carbocycles. The Hall–Kier alpha value is -3.15. The molecular formula is C19H20N4O2. The number of hydrogen-bond donors (Lipinski definition) is 1. The van der Waals surface area contributed by atoms with E-state index in [0.29, 0.717) is 6.54 Å². The van der Waals surface area contributed by atoms with Gasteiger partial charge in [0.2, 0.25) is 0 Å². The SMILES string of the molecule is COC(=O)N(C)c1ccc(CNc2nc(C)nc3ccccc23)cc1. The van der Waals surface area contributed by atoms with E-state index < -0.39 is 6.09 Å². The van der Waals surface area contributed by atoms with Gasteiger partial charge in [-0.05, 0) is 36.8 Å². The van der Waals surface area contributed by atoms with Crippen molar-refractivity contribution >= 4 is 28.5 Å². The number of aromatic nitrogens is 2. The molecule has 0 bridgehead atoms. The average molecular weight is 336 g/mol. The molecule has 2 aromatic carbocycles. The maximum Gasteiger partial charge on any atom is 0.413 e. The minimum absolute atomic E-state index is 0.395. The highest BCUT2D eigenvalue weighted by Crippen LogP contribution is 2.21. The molecule has 1 N–H and O–H groups in total. The topological polar surface area (TPSA) is 67.3 Å². The molecule has 1 heterocycles. The van der Waals surface area contributed by atoms with E-state index in [1.807, 2.05) is 55.5 Å². The number of carbonyl (C=O) groups excluding carboxylic acids is 1. The molecule has 0 fully saturated rings. The van der Waals surface area contributed by atoms with Crippen molar-refractivity contribution in [3.63, 3.8) is 0 Å². The van der Waals surface area contributed by atoms with Gasteiger partial charge in [0, 0.05) is 24.7 Å². The summed E-state index contributed by atoms with van der Waals surface area (Å²) in [6.07, 6.45) is -0.395. The summed E-state index contributed by atoms with van der Waals surface area (Å²) in [5.41, 5.74) is 2.79. The summed E-state index contributed by atoms with van der Waals surface area (Å²) in [5.74, 6) is 1.55. The van der Waals surface area contributed by atoms with Crippen LogP contribution in [-0.2, 0) is 11.3 Å². The first-order valence-corrected chi connectivity index (χ1v) is 7.96. The van der Waals surface area contributed by atoms with Gasteiger partial charge in [0.1, 0.15) is 11.6 Å². The van der Waals surface area contributed by atoms with Crippen LogP contribution in [0.25, 0.3) is 10.9 Å². The van der Waals surface area contributed by atoms with Gasteiger partial charge in [0.25, 0.3) is 0 Å². The summed E-state index contributed by atoms with van der Waals surface area (Å²) in [6.45, 7) is 2.51. The third-order valence-electron chi connectivity index (χ3n) is 3.95. The normalized spacial score (nSPS) is 10.5. The van der Waals surface area contributed by atoms with E-state index in [1.165, 1.54) is 12.0 Å². The number of methoxy groups -OCH3 is 1. The Kier molecular flexibility index (Phi) is 4.79. The number of amides is 1. The van der Waals surface area contributed by atoms with Gasteiger partial charge in [0.15, 0.2) is 0 Å². The summed E-state index contributed by atoms with van der Waals surface area (Å²) >= 11 is 0. The number of para-hydroxylation sites is 1. The molecule has 0 atom stereocenters. The summed E-state index contributed by atoms with van der Waals surface area (Å²) in [6, 6.07) is 15.6. The third kappa shape index (κ3) is 3.68. The van der Waals surface area contributed by atoms with Gasteiger partial charge in [0.05, 0.1) is 12.6 Å². The molecule has 1 amide bonds. The maximum absolute atomic E-state index is 11.5. The molecule has 6 heteroatoms. The monoisotopic (exact) mass is 336 g/mol. The molecule has 0 spiro atoms. The number of anilines is 2. The van der Waals surface area contributed by atoms with Crippen molar-refractivity contribution < 1.29 is 9.53 Å². The van der Waals surface area contributed by atoms with E-state index in [1.54, 1.807) is 7.05 Å². The summed E-state index contributed by atoms with van der Waals surface area (Å²) in [5, 5.41) is 4.37. The van der Waals surface area contributed by atoms with Crippen LogP contribution in [0.5, 0.6) is 0 Å². The smallest absolute Gasteiger partial charge is 0.413 e. The molecule has 0 aliphatic heterocycles. The molecule has 0 aliphatic rings. The zero-order valence-corrected chi connectivity index (χ0v) is 14.5. The second kappa shape index (κ2) is 7.17. The number of rotatable bonds is 4. The summed E-state index contributed by atoms with van der Waals surface area (Å²) < 4.78 is 4.71. The van der Waals surface area contributed by atoms with E-state index in [2.05, 4.69) is 15.3 Å². The number of hydrogen-bond acceptors (Lipinski definition) is 5. The van der Waals surface area contributed by atoms with Crippen molar-refractivity contribution in [1.82, 2.24) is 9.97 Å². The Labute approximate surface area is 146 Å². The van der Waals surface area contributed by atoms with Crippen molar-refractivity contribution in [2.24, 2.45) is 0 Å². The Morgan fingerprint density at radius 2 is 1.84 bits per heavy atom. The molecule has 0 radical (unpaired) electrons. The second-order valence-electron chi connectivity index (χ2n) is 5.69. The van der Waals surface area contributed by atoms with Crippen LogP contribution in [-0.4, -0.2) is 30.2 Å². The highest BCUT2D eigenvalue weighted by atomic mass is 16.5. The maximum atomic E-state index is 11.5. The van der Waals surface area contributed by atoms with Crippen LogP contribution < -0.4 is 10.2 Å². The van der Waals surface area contributed by atoms with Crippen LogP contribution in [0.15, 0.2) is 48.5 Å². The van der Waals surface area contributed by atoms with E-state index in [9.17, 15) is 4.79 Å². The van der Waals surface area contributed by atoms with Gasteiger partial charge < -0.3 is 10.1 Å². The lowest BCUT2D eigenvalue weighted by molar-refractivity contribution is 0.180. The van der Waals surface area contributed by atoms with Crippen molar-refractivity contribution in [3.8, 4) is 0 Å². The van der Waals surface area contributed by atoms with Gasteiger partial charge in [-0.3, -0.25) is 4.90 Å². The second-order valence-corrected chi connectivity index (χ2v) is 5.69. The van der Waals surface area contributed by atoms with Crippen LogP contribution in [0.4, 0.5) is 16.3 Å². The Morgan fingerprint density at radius 1 is 1.12 bits per heavy atom. The standard InChI is InChI=1S/C19H20N4O2/c1-13-21-17-7-5-4-6-16(17)18(22-13)20-12-14-8-10-15(11-9-14)23(2)19(24)25-3/h4-11H,12H2,1-3H3,(H,20,21,22). The van der Waals surface area contributed by atoms with Crippen LogP contribution >= 0.6 is 0 Å².